The summed E-state index contributed by atoms with van der Waals surface area (Å²) >= 11 is 0. The Balaban J connectivity index is 0.00000441. The van der Waals surface area contributed by atoms with Gasteiger partial charge in [-0.05, 0) is 26.0 Å². The molecule has 0 atom stereocenters. The van der Waals surface area contributed by atoms with Crippen molar-refractivity contribution in [2.24, 2.45) is 10.7 Å². The van der Waals surface area contributed by atoms with Crippen molar-refractivity contribution in [2.75, 3.05) is 32.1 Å². The molecular weight excluding hydrogens is 395 g/mol. The second-order valence-corrected chi connectivity index (χ2v) is 4.41. The second kappa shape index (κ2) is 11.1. The van der Waals surface area contributed by atoms with Crippen molar-refractivity contribution in [3.05, 3.63) is 24.3 Å². The van der Waals surface area contributed by atoms with Crippen LogP contribution in [-0.4, -0.2) is 43.5 Å². The van der Waals surface area contributed by atoms with Gasteiger partial charge in [0.25, 0.3) is 0 Å². The fraction of sp³-hybridized carbons (Fsp3) is 0.467. The van der Waals surface area contributed by atoms with Gasteiger partial charge in [0.05, 0.1) is 19.3 Å². The highest BCUT2D eigenvalue weighted by molar-refractivity contribution is 14.0. The number of hydrogen-bond acceptors (Lipinski definition) is 3. The third kappa shape index (κ3) is 6.50. The molecule has 1 aromatic rings. The number of nitrogens with zero attached hydrogens (tertiary/aromatic N) is 2. The topological polar surface area (TPSA) is 80.0 Å². The normalized spacial score (nSPS) is 10.6. The molecule has 1 aromatic carbocycles. The Morgan fingerprint density at radius 2 is 1.95 bits per heavy atom. The number of anilines is 1. The number of nitrogens with one attached hydrogen (secondary N) is 1. The molecular formula is C15H25IN4O2. The van der Waals surface area contributed by atoms with Gasteiger partial charge in [0, 0.05) is 19.5 Å². The first-order chi connectivity index (χ1) is 10.1. The summed E-state index contributed by atoms with van der Waals surface area (Å²) in [5, 5.41) is 2.97. The molecule has 7 heteroatoms. The van der Waals surface area contributed by atoms with E-state index in [1.807, 2.05) is 38.1 Å². The van der Waals surface area contributed by atoms with Crippen LogP contribution in [0.4, 0.5) is 5.69 Å². The number of nitrogens with two attached hydrogens (primary N) is 1. The molecule has 0 unspecified atom stereocenters. The van der Waals surface area contributed by atoms with Crippen LogP contribution in [0.25, 0.3) is 0 Å². The average molecular weight is 420 g/mol. The minimum absolute atomic E-state index is 0. The molecule has 22 heavy (non-hydrogen) atoms. The van der Waals surface area contributed by atoms with Crippen molar-refractivity contribution in [3.8, 4) is 5.75 Å². The van der Waals surface area contributed by atoms with Gasteiger partial charge in [-0.3, -0.25) is 9.79 Å². The van der Waals surface area contributed by atoms with Gasteiger partial charge in [-0.15, -0.1) is 24.0 Å². The predicted octanol–water partition coefficient (Wildman–Crippen LogP) is 2.30. The largest absolute Gasteiger partial charge is 0.495 e. The summed E-state index contributed by atoms with van der Waals surface area (Å²) in [4.78, 5) is 17.8. The number of para-hydroxylation sites is 2. The Kier molecular flexibility index (Phi) is 10.3. The maximum atomic E-state index is 11.8. The summed E-state index contributed by atoms with van der Waals surface area (Å²) in [6.45, 7) is 5.72. The van der Waals surface area contributed by atoms with E-state index in [-0.39, 0.29) is 35.8 Å². The number of rotatable bonds is 7. The number of benzene rings is 1. The lowest BCUT2D eigenvalue weighted by molar-refractivity contribution is -0.130. The number of carbonyl (C=O) groups excluding carboxylic acids is 1. The van der Waals surface area contributed by atoms with Gasteiger partial charge in [0.2, 0.25) is 5.91 Å². The van der Waals surface area contributed by atoms with Crippen LogP contribution in [0.1, 0.15) is 20.3 Å². The van der Waals surface area contributed by atoms with Crippen LogP contribution in [0.3, 0.4) is 0 Å². The number of halogens is 1. The molecule has 124 valence electrons. The van der Waals surface area contributed by atoms with E-state index in [9.17, 15) is 4.79 Å². The van der Waals surface area contributed by atoms with Gasteiger partial charge >= 0.3 is 0 Å². The Bertz CT molecular complexity index is 490. The van der Waals surface area contributed by atoms with Gasteiger partial charge in [-0.2, -0.15) is 0 Å². The van der Waals surface area contributed by atoms with E-state index in [0.717, 1.165) is 5.69 Å². The summed E-state index contributed by atoms with van der Waals surface area (Å²) in [5.74, 6) is 1.05. The smallest absolute Gasteiger partial charge is 0.224 e. The highest BCUT2D eigenvalue weighted by atomic mass is 127. The number of amides is 1. The highest BCUT2D eigenvalue weighted by Gasteiger charge is 2.08. The van der Waals surface area contributed by atoms with E-state index < -0.39 is 0 Å². The zero-order valence-electron chi connectivity index (χ0n) is 13.3. The summed E-state index contributed by atoms with van der Waals surface area (Å²) in [6, 6.07) is 7.43. The summed E-state index contributed by atoms with van der Waals surface area (Å²) in [6.07, 6.45) is 0.357. The van der Waals surface area contributed by atoms with E-state index in [2.05, 4.69) is 10.3 Å². The zero-order chi connectivity index (χ0) is 15.7. The third-order valence-corrected chi connectivity index (χ3v) is 3.09. The lowest BCUT2D eigenvalue weighted by Crippen LogP contribution is -2.31. The average Bonchev–Trinajstić information content (AvgIpc) is 2.49. The van der Waals surface area contributed by atoms with Crippen LogP contribution < -0.4 is 15.8 Å². The van der Waals surface area contributed by atoms with E-state index >= 15 is 0 Å². The van der Waals surface area contributed by atoms with E-state index in [4.69, 9.17) is 10.5 Å². The van der Waals surface area contributed by atoms with Crippen molar-refractivity contribution in [3.63, 3.8) is 0 Å². The highest BCUT2D eigenvalue weighted by Crippen LogP contribution is 2.22. The van der Waals surface area contributed by atoms with E-state index in [0.29, 0.717) is 31.8 Å². The maximum Gasteiger partial charge on any atom is 0.224 e. The molecule has 0 aliphatic carbocycles. The zero-order valence-corrected chi connectivity index (χ0v) is 15.7. The van der Waals surface area contributed by atoms with Crippen molar-refractivity contribution in [1.82, 2.24) is 4.90 Å². The third-order valence-electron chi connectivity index (χ3n) is 3.09. The van der Waals surface area contributed by atoms with Crippen LogP contribution in [0.2, 0.25) is 0 Å². The summed E-state index contributed by atoms with van der Waals surface area (Å²) in [7, 11) is 1.59. The number of carbonyl (C=O) groups is 1. The first-order valence-corrected chi connectivity index (χ1v) is 7.10. The first kappa shape index (κ1) is 20.5. The molecule has 0 spiro atoms. The van der Waals surface area contributed by atoms with Crippen molar-refractivity contribution in [2.45, 2.75) is 20.3 Å². The van der Waals surface area contributed by atoms with Gasteiger partial charge < -0.3 is 20.7 Å². The molecule has 6 nitrogen and oxygen atoms in total. The van der Waals surface area contributed by atoms with Crippen LogP contribution in [0.15, 0.2) is 29.3 Å². The van der Waals surface area contributed by atoms with Crippen LogP contribution in [0.5, 0.6) is 5.75 Å². The number of ether oxygens (including phenoxy) is 1. The van der Waals surface area contributed by atoms with Crippen LogP contribution in [0, 0.1) is 0 Å². The van der Waals surface area contributed by atoms with Gasteiger partial charge in [0.1, 0.15) is 5.75 Å². The Morgan fingerprint density at radius 1 is 1.32 bits per heavy atom. The first-order valence-electron chi connectivity index (χ1n) is 7.10. The molecule has 0 fully saturated rings. The maximum absolute atomic E-state index is 11.8. The lowest BCUT2D eigenvalue weighted by Gasteiger charge is -2.17. The van der Waals surface area contributed by atoms with Crippen LogP contribution in [-0.2, 0) is 4.79 Å². The minimum atomic E-state index is 0. The Labute approximate surface area is 149 Å². The lowest BCUT2D eigenvalue weighted by atomic mass is 10.3. The SMILES string of the molecule is CCN(CC)C(=O)CCN=C(N)Nc1ccccc1OC.I. The van der Waals surface area contributed by atoms with Crippen molar-refractivity contribution in [1.29, 1.82) is 0 Å². The molecule has 3 N–H and O–H groups in total. The van der Waals surface area contributed by atoms with Gasteiger partial charge in [-0.1, -0.05) is 12.1 Å². The molecule has 0 aromatic heterocycles. The second-order valence-electron chi connectivity index (χ2n) is 4.41. The van der Waals surface area contributed by atoms with Gasteiger partial charge in [-0.25, -0.2) is 0 Å². The Morgan fingerprint density at radius 3 is 2.55 bits per heavy atom. The number of guanidine groups is 1. The molecule has 0 bridgehead atoms. The van der Waals surface area contributed by atoms with Gasteiger partial charge in [0.15, 0.2) is 5.96 Å². The van der Waals surface area contributed by atoms with Crippen molar-refractivity contribution >= 4 is 41.5 Å². The summed E-state index contributed by atoms with van der Waals surface area (Å²) < 4.78 is 5.22. The molecule has 0 aliphatic heterocycles. The van der Waals surface area contributed by atoms with E-state index in [1.165, 1.54) is 0 Å². The fourth-order valence-electron chi connectivity index (χ4n) is 1.93. The molecule has 0 radical (unpaired) electrons. The molecule has 0 saturated carbocycles. The number of methoxy groups -OCH3 is 1. The van der Waals surface area contributed by atoms with E-state index in [1.54, 1.807) is 12.0 Å². The number of hydrogen-bond donors (Lipinski definition) is 2. The minimum Gasteiger partial charge on any atom is -0.495 e. The molecule has 1 amide bonds. The standard InChI is InChI=1S/C15H24N4O2.HI/c1-4-19(5-2)14(20)10-11-17-15(16)18-12-8-6-7-9-13(12)21-3;/h6-9H,4-5,10-11H2,1-3H3,(H3,16,17,18);1H. The monoisotopic (exact) mass is 420 g/mol. The predicted molar refractivity (Wildman–Crippen MR) is 101 cm³/mol. The molecule has 1 rings (SSSR count). The molecule has 0 saturated heterocycles. The molecule has 0 aliphatic rings. The summed E-state index contributed by atoms with van der Waals surface area (Å²) in [5.41, 5.74) is 6.56. The quantitative estimate of drug-likeness (QED) is 0.403. The fourth-order valence-corrected chi connectivity index (χ4v) is 1.93. The Hall–Kier alpha value is -1.51. The number of aliphatic imine (C=N–C) groups is 1. The van der Waals surface area contributed by atoms with Crippen molar-refractivity contribution < 1.29 is 9.53 Å². The molecule has 0 heterocycles. The van der Waals surface area contributed by atoms with Crippen LogP contribution >= 0.6 is 24.0 Å².